The number of hydrogen-bond donors (Lipinski definition) is 1. The summed E-state index contributed by atoms with van der Waals surface area (Å²) in [6.07, 6.45) is 7.06. The molecule has 1 N–H and O–H groups in total. The van der Waals surface area contributed by atoms with Gasteiger partial charge in [0.2, 0.25) is 5.91 Å². The largest absolute Gasteiger partial charge is 0.351 e. The van der Waals surface area contributed by atoms with Crippen molar-refractivity contribution in [2.45, 2.75) is 40.2 Å². The van der Waals surface area contributed by atoms with Crippen molar-refractivity contribution in [2.24, 2.45) is 23.7 Å². The third-order valence-corrected chi connectivity index (χ3v) is 6.63. The zero-order valence-corrected chi connectivity index (χ0v) is 19.6. The van der Waals surface area contributed by atoms with Crippen LogP contribution in [0.15, 0.2) is 66.5 Å². The second kappa shape index (κ2) is 11.1. The molecule has 1 heterocycles. The molecule has 1 aliphatic carbocycles. The fourth-order valence-electron chi connectivity index (χ4n) is 4.64. The van der Waals surface area contributed by atoms with Crippen molar-refractivity contribution in [2.75, 3.05) is 13.6 Å². The van der Waals surface area contributed by atoms with Gasteiger partial charge in [-0.2, -0.15) is 0 Å². The maximum atomic E-state index is 12.9. The Morgan fingerprint density at radius 1 is 1.12 bits per heavy atom. The van der Waals surface area contributed by atoms with Crippen LogP contribution in [0.5, 0.6) is 0 Å². The maximum Gasteiger partial charge on any atom is 0.251 e. The Morgan fingerprint density at radius 2 is 1.81 bits per heavy atom. The molecule has 3 rings (SSSR count). The molecular weight excluding hydrogens is 398 g/mol. The quantitative estimate of drug-likeness (QED) is 0.613. The SMILES string of the molecule is CC1=C[C@@H](CNC(=O)c2ccncc2)[C@H](C(C)C)C[C@H]1CC(=O)N(C)Cc1ccccc1. The molecule has 2 aromatic rings. The van der Waals surface area contributed by atoms with Crippen molar-refractivity contribution in [3.8, 4) is 0 Å². The predicted molar refractivity (Wildman–Crippen MR) is 128 cm³/mol. The van der Waals surface area contributed by atoms with Gasteiger partial charge in [0.1, 0.15) is 0 Å². The molecule has 0 bridgehead atoms. The van der Waals surface area contributed by atoms with Gasteiger partial charge < -0.3 is 10.2 Å². The minimum Gasteiger partial charge on any atom is -0.351 e. The number of rotatable bonds is 8. The molecule has 0 fully saturated rings. The van der Waals surface area contributed by atoms with Crippen molar-refractivity contribution in [3.63, 3.8) is 0 Å². The molecule has 0 unspecified atom stereocenters. The lowest BCUT2D eigenvalue weighted by Crippen LogP contribution is -2.38. The van der Waals surface area contributed by atoms with Gasteiger partial charge in [-0.3, -0.25) is 14.6 Å². The number of nitrogens with zero attached hydrogens (tertiary/aromatic N) is 2. The van der Waals surface area contributed by atoms with Gasteiger partial charge in [-0.15, -0.1) is 0 Å². The van der Waals surface area contributed by atoms with E-state index in [0.29, 0.717) is 36.9 Å². The molecule has 0 radical (unpaired) electrons. The van der Waals surface area contributed by atoms with Gasteiger partial charge >= 0.3 is 0 Å². The van der Waals surface area contributed by atoms with Gasteiger partial charge in [0.05, 0.1) is 0 Å². The average Bonchev–Trinajstić information content (AvgIpc) is 2.79. The second-order valence-corrected chi connectivity index (χ2v) is 9.30. The van der Waals surface area contributed by atoms with Gasteiger partial charge in [-0.05, 0) is 54.7 Å². The summed E-state index contributed by atoms with van der Waals surface area (Å²) in [5.41, 5.74) is 3.03. The topological polar surface area (TPSA) is 62.3 Å². The van der Waals surface area contributed by atoms with E-state index in [1.54, 1.807) is 24.5 Å². The molecule has 1 aromatic heterocycles. The monoisotopic (exact) mass is 433 g/mol. The number of hydrogen-bond acceptors (Lipinski definition) is 3. The molecule has 0 saturated carbocycles. The van der Waals surface area contributed by atoms with Gasteiger partial charge in [0.25, 0.3) is 5.91 Å². The minimum atomic E-state index is -0.0687. The van der Waals surface area contributed by atoms with E-state index in [0.717, 1.165) is 12.0 Å². The first-order chi connectivity index (χ1) is 15.3. The summed E-state index contributed by atoms with van der Waals surface area (Å²) < 4.78 is 0. The van der Waals surface area contributed by atoms with Crippen LogP contribution in [0.2, 0.25) is 0 Å². The molecule has 2 amide bonds. The molecule has 170 valence electrons. The number of pyridine rings is 1. The van der Waals surface area contributed by atoms with E-state index < -0.39 is 0 Å². The number of nitrogens with one attached hydrogen (secondary N) is 1. The lowest BCUT2D eigenvalue weighted by atomic mass is 9.69. The van der Waals surface area contributed by atoms with Crippen molar-refractivity contribution in [3.05, 3.63) is 77.6 Å². The summed E-state index contributed by atoms with van der Waals surface area (Å²) in [6, 6.07) is 13.6. The highest BCUT2D eigenvalue weighted by molar-refractivity contribution is 5.93. The summed E-state index contributed by atoms with van der Waals surface area (Å²) in [5.74, 6) is 1.53. The molecule has 0 spiro atoms. The predicted octanol–water partition coefficient (Wildman–Crippen LogP) is 4.71. The van der Waals surface area contributed by atoms with E-state index in [1.807, 2.05) is 30.1 Å². The van der Waals surface area contributed by atoms with E-state index in [1.165, 1.54) is 5.57 Å². The maximum absolute atomic E-state index is 12.9. The fraction of sp³-hybridized carbons (Fsp3) is 0.444. The zero-order valence-electron chi connectivity index (χ0n) is 19.6. The highest BCUT2D eigenvalue weighted by Crippen LogP contribution is 2.39. The average molecular weight is 434 g/mol. The van der Waals surface area contributed by atoms with Crippen molar-refractivity contribution < 1.29 is 9.59 Å². The van der Waals surface area contributed by atoms with Gasteiger partial charge in [0.15, 0.2) is 0 Å². The van der Waals surface area contributed by atoms with E-state index in [9.17, 15) is 9.59 Å². The highest BCUT2D eigenvalue weighted by Gasteiger charge is 2.33. The normalized spacial score (nSPS) is 20.5. The molecule has 0 aliphatic heterocycles. The van der Waals surface area contributed by atoms with Crippen LogP contribution in [-0.4, -0.2) is 35.3 Å². The Bertz CT molecular complexity index is 924. The van der Waals surface area contributed by atoms with Crippen molar-refractivity contribution in [1.82, 2.24) is 15.2 Å². The molecule has 1 aromatic carbocycles. The molecule has 5 nitrogen and oxygen atoms in total. The number of allylic oxidation sites excluding steroid dienone is 1. The zero-order chi connectivity index (χ0) is 23.1. The number of carbonyl (C=O) groups excluding carboxylic acids is 2. The summed E-state index contributed by atoms with van der Waals surface area (Å²) >= 11 is 0. The van der Waals surface area contributed by atoms with Crippen molar-refractivity contribution in [1.29, 1.82) is 0 Å². The van der Waals surface area contributed by atoms with Gasteiger partial charge in [-0.1, -0.05) is 55.8 Å². The molecule has 3 atom stereocenters. The number of benzene rings is 1. The van der Waals surface area contributed by atoms with Crippen LogP contribution in [0.1, 0.15) is 49.5 Å². The molecular formula is C27H35N3O2. The lowest BCUT2D eigenvalue weighted by Gasteiger charge is -2.37. The van der Waals surface area contributed by atoms with Gasteiger partial charge in [0, 0.05) is 44.5 Å². The smallest absolute Gasteiger partial charge is 0.251 e. The first kappa shape index (κ1) is 23.7. The Labute approximate surface area is 191 Å². The van der Waals surface area contributed by atoms with Crippen LogP contribution in [0.4, 0.5) is 0 Å². The van der Waals surface area contributed by atoms with E-state index in [2.05, 4.69) is 49.3 Å². The Kier molecular flexibility index (Phi) is 8.20. The van der Waals surface area contributed by atoms with Gasteiger partial charge in [-0.25, -0.2) is 0 Å². The summed E-state index contributed by atoms with van der Waals surface area (Å²) in [4.78, 5) is 31.2. The van der Waals surface area contributed by atoms with Crippen LogP contribution in [0, 0.1) is 23.7 Å². The summed E-state index contributed by atoms with van der Waals surface area (Å²) in [7, 11) is 1.88. The summed E-state index contributed by atoms with van der Waals surface area (Å²) in [6.45, 7) is 7.83. The minimum absolute atomic E-state index is 0.0687. The Balaban J connectivity index is 1.61. The number of aromatic nitrogens is 1. The molecule has 1 aliphatic rings. The second-order valence-electron chi connectivity index (χ2n) is 9.30. The van der Waals surface area contributed by atoms with Crippen LogP contribution in [0.3, 0.4) is 0 Å². The fourth-order valence-corrected chi connectivity index (χ4v) is 4.64. The van der Waals surface area contributed by atoms with E-state index in [4.69, 9.17) is 0 Å². The third-order valence-electron chi connectivity index (χ3n) is 6.63. The highest BCUT2D eigenvalue weighted by atomic mass is 16.2. The van der Waals surface area contributed by atoms with E-state index >= 15 is 0 Å². The molecule has 0 saturated heterocycles. The Morgan fingerprint density at radius 3 is 2.47 bits per heavy atom. The number of amides is 2. The number of carbonyl (C=O) groups is 2. The van der Waals surface area contributed by atoms with Crippen LogP contribution in [0.25, 0.3) is 0 Å². The third kappa shape index (κ3) is 6.28. The Hall–Kier alpha value is -2.95. The lowest BCUT2D eigenvalue weighted by molar-refractivity contribution is -0.131. The molecule has 5 heteroatoms. The van der Waals surface area contributed by atoms with Crippen molar-refractivity contribution >= 4 is 11.8 Å². The van der Waals surface area contributed by atoms with Crippen LogP contribution < -0.4 is 5.32 Å². The van der Waals surface area contributed by atoms with E-state index in [-0.39, 0.29) is 23.7 Å². The first-order valence-electron chi connectivity index (χ1n) is 11.5. The van der Waals surface area contributed by atoms with Crippen LogP contribution in [-0.2, 0) is 11.3 Å². The first-order valence-corrected chi connectivity index (χ1v) is 11.5. The van der Waals surface area contributed by atoms with Crippen LogP contribution >= 0.6 is 0 Å². The summed E-state index contributed by atoms with van der Waals surface area (Å²) in [5, 5.41) is 3.09. The standard InChI is InChI=1S/C27H35N3O2/c1-19(2)25-15-23(16-26(31)30(4)18-21-8-6-5-7-9-21)20(3)14-24(25)17-29-27(32)22-10-12-28-13-11-22/h5-14,19,23-25H,15-18H2,1-4H3,(H,29,32)/t23-,24-,25-/m0/s1. The molecule has 32 heavy (non-hydrogen) atoms.